The van der Waals surface area contributed by atoms with Gasteiger partial charge in [-0.05, 0) is 73.6 Å². The van der Waals surface area contributed by atoms with Gasteiger partial charge in [0.25, 0.3) is 11.5 Å². The number of carbonyl (C=O) groups is 1. The van der Waals surface area contributed by atoms with E-state index >= 15 is 0 Å². The zero-order chi connectivity index (χ0) is 31.9. The highest BCUT2D eigenvalue weighted by Crippen LogP contribution is 2.22. The van der Waals surface area contributed by atoms with Crippen LogP contribution in [0.5, 0.6) is 5.75 Å². The van der Waals surface area contributed by atoms with E-state index in [0.717, 1.165) is 0 Å². The molecule has 0 fully saturated rings. The molecule has 0 aliphatic heterocycles. The Morgan fingerprint density at radius 3 is 2.25 bits per heavy atom. The quantitative estimate of drug-likeness (QED) is 0.0944. The summed E-state index contributed by atoms with van der Waals surface area (Å²) in [5.41, 5.74) is 0.993. The monoisotopic (exact) mass is 642 g/mol. The van der Waals surface area contributed by atoms with Crippen molar-refractivity contribution >= 4 is 50.2 Å². The van der Waals surface area contributed by atoms with Crippen LogP contribution in [0.3, 0.4) is 0 Å². The van der Waals surface area contributed by atoms with Crippen molar-refractivity contribution in [3.63, 3.8) is 0 Å². The third-order valence-corrected chi connectivity index (χ3v) is 7.48. The topological polar surface area (TPSA) is 192 Å². The number of nitrogens with zero attached hydrogens (tertiary/aromatic N) is 3. The maximum absolute atomic E-state index is 13.0. The molecule has 16 heteroatoms. The molecular weight excluding hydrogens is 610 g/mol. The van der Waals surface area contributed by atoms with Crippen molar-refractivity contribution in [2.45, 2.75) is 44.7 Å². The van der Waals surface area contributed by atoms with E-state index in [0.29, 0.717) is 60.9 Å². The Morgan fingerprint density at radius 1 is 0.977 bits per heavy atom. The average Bonchev–Trinajstić information content (AvgIpc) is 3.44. The third kappa shape index (κ3) is 7.89. The summed E-state index contributed by atoms with van der Waals surface area (Å²) in [4.78, 5) is 45.4. The summed E-state index contributed by atoms with van der Waals surface area (Å²) < 4.78 is 41.4. The zero-order valence-electron chi connectivity index (χ0n) is 24.1. The van der Waals surface area contributed by atoms with Crippen molar-refractivity contribution in [1.29, 1.82) is 0 Å². The van der Waals surface area contributed by atoms with Crippen molar-refractivity contribution in [2.24, 2.45) is 0 Å². The molecule has 4 aromatic rings. The highest BCUT2D eigenvalue weighted by molar-refractivity contribution is 7.85. The molecule has 2 heterocycles. The maximum atomic E-state index is 13.0. The summed E-state index contributed by atoms with van der Waals surface area (Å²) in [6.45, 7) is 4.96. The van der Waals surface area contributed by atoms with Gasteiger partial charge in [0, 0.05) is 37.4 Å². The molecule has 1 amide bonds. The van der Waals surface area contributed by atoms with E-state index in [1.54, 1.807) is 24.3 Å². The molecule has 234 valence electrons. The summed E-state index contributed by atoms with van der Waals surface area (Å²) in [5, 5.41) is 8.69. The highest BCUT2D eigenvalue weighted by Gasteiger charge is 2.17. The lowest BCUT2D eigenvalue weighted by Gasteiger charge is -2.12. The fourth-order valence-corrected chi connectivity index (χ4v) is 5.01. The Balaban J connectivity index is 1.27. The van der Waals surface area contributed by atoms with Crippen molar-refractivity contribution in [3.8, 4) is 17.1 Å². The van der Waals surface area contributed by atoms with E-state index in [2.05, 4.69) is 25.9 Å². The molecule has 0 aliphatic carbocycles. The number of carbonyl (C=O) groups excluding carboxylic acids is 1. The molecule has 0 saturated carbocycles. The van der Waals surface area contributed by atoms with Gasteiger partial charge >= 0.3 is 5.69 Å². The van der Waals surface area contributed by atoms with Crippen LogP contribution >= 0.6 is 12.2 Å². The minimum absolute atomic E-state index is 0.220. The first-order valence-electron chi connectivity index (χ1n) is 13.9. The Kier molecular flexibility index (Phi) is 10.5. The number of aryl methyl sites for hydroxylation is 1. The summed E-state index contributed by atoms with van der Waals surface area (Å²) in [6.07, 6.45) is 1.36. The number of H-pyrrole nitrogens is 1. The van der Waals surface area contributed by atoms with E-state index < -0.39 is 15.7 Å². The summed E-state index contributed by atoms with van der Waals surface area (Å²) >= 11 is 5.17. The van der Waals surface area contributed by atoms with Gasteiger partial charge in [0.1, 0.15) is 27.2 Å². The predicted octanol–water partition coefficient (Wildman–Crippen LogP) is 1.76. The largest absolute Gasteiger partial charge is 0.744 e. The molecule has 4 N–H and O–H groups in total. The molecule has 0 atom stereocenters. The second-order valence-electron chi connectivity index (χ2n) is 9.70. The molecule has 0 saturated heterocycles. The number of amides is 1. The van der Waals surface area contributed by atoms with Crippen LogP contribution in [0.25, 0.3) is 22.6 Å². The Morgan fingerprint density at radius 2 is 1.61 bits per heavy atom. The number of nitrogens with one attached hydrogen (secondary N) is 4. The molecule has 0 aliphatic rings. The molecular formula is C28H32N7O7S2-. The van der Waals surface area contributed by atoms with E-state index in [1.165, 1.54) is 33.4 Å². The van der Waals surface area contributed by atoms with E-state index in [4.69, 9.17) is 17.0 Å². The second kappa shape index (κ2) is 14.3. The van der Waals surface area contributed by atoms with Crippen LogP contribution in [0.4, 0.5) is 5.69 Å². The fraction of sp³-hybridized carbons (Fsp3) is 0.321. The number of imidazole rings is 1. The van der Waals surface area contributed by atoms with Crippen LogP contribution in [0.1, 0.15) is 26.7 Å². The third-order valence-electron chi connectivity index (χ3n) is 6.39. The minimum Gasteiger partial charge on any atom is -0.744 e. The number of benzene rings is 2. The summed E-state index contributed by atoms with van der Waals surface area (Å²) in [7, 11) is -4.52. The number of anilines is 1. The van der Waals surface area contributed by atoms with E-state index in [1.807, 2.05) is 13.8 Å². The SMILES string of the molecule is CCCn1c(=O)c2[nH]c(-c3ccc(OCC(=O)NCCNC(=S)Nc4ccc(S(=O)(=O)[O-])cc4)cc3)nc2n(CCC)c1=O. The van der Waals surface area contributed by atoms with Gasteiger partial charge in [-0.1, -0.05) is 13.8 Å². The number of aromatic nitrogens is 4. The highest BCUT2D eigenvalue weighted by atomic mass is 32.2. The van der Waals surface area contributed by atoms with Crippen LogP contribution in [-0.2, 0) is 28.0 Å². The molecule has 0 bridgehead atoms. The van der Waals surface area contributed by atoms with Gasteiger partial charge in [0.2, 0.25) is 0 Å². The fourth-order valence-electron chi connectivity index (χ4n) is 4.32. The van der Waals surface area contributed by atoms with Crippen molar-refractivity contribution in [3.05, 3.63) is 69.4 Å². The maximum Gasteiger partial charge on any atom is 0.332 e. The van der Waals surface area contributed by atoms with Gasteiger partial charge in [0.05, 0.1) is 4.90 Å². The van der Waals surface area contributed by atoms with Gasteiger partial charge in [-0.25, -0.2) is 18.2 Å². The second-order valence-corrected chi connectivity index (χ2v) is 11.5. The normalized spacial score (nSPS) is 11.3. The molecule has 44 heavy (non-hydrogen) atoms. The lowest BCUT2D eigenvalue weighted by molar-refractivity contribution is -0.123. The molecule has 2 aromatic carbocycles. The number of fused-ring (bicyclic) bond motifs is 1. The van der Waals surface area contributed by atoms with Gasteiger partial charge in [-0.3, -0.25) is 18.7 Å². The van der Waals surface area contributed by atoms with Gasteiger partial charge in [0.15, 0.2) is 17.4 Å². The summed E-state index contributed by atoms with van der Waals surface area (Å²) in [5.74, 6) is 0.540. The number of thiocarbonyl (C=S) groups is 1. The molecule has 4 rings (SSSR count). The molecule has 0 spiro atoms. The van der Waals surface area contributed by atoms with Crippen LogP contribution in [0, 0.1) is 0 Å². The lowest BCUT2D eigenvalue weighted by atomic mass is 10.2. The number of hydrogen-bond acceptors (Lipinski definition) is 9. The molecule has 2 aromatic heterocycles. The van der Waals surface area contributed by atoms with E-state index in [9.17, 15) is 27.4 Å². The Labute approximate surface area is 258 Å². The number of ether oxygens (including phenoxy) is 1. The van der Waals surface area contributed by atoms with Gasteiger partial charge < -0.3 is 30.2 Å². The Hall–Kier alpha value is -4.54. The molecule has 0 radical (unpaired) electrons. The smallest absolute Gasteiger partial charge is 0.332 e. The van der Waals surface area contributed by atoms with Crippen LogP contribution in [0.15, 0.2) is 63.0 Å². The first kappa shape index (κ1) is 32.4. The predicted molar refractivity (Wildman–Crippen MR) is 168 cm³/mol. The van der Waals surface area contributed by atoms with Gasteiger partial charge in [-0.15, -0.1) is 0 Å². The summed E-state index contributed by atoms with van der Waals surface area (Å²) in [6, 6.07) is 12.0. The number of hydrogen-bond donors (Lipinski definition) is 4. The average molecular weight is 643 g/mol. The van der Waals surface area contributed by atoms with Crippen molar-refractivity contribution in [2.75, 3.05) is 25.0 Å². The molecule has 14 nitrogen and oxygen atoms in total. The zero-order valence-corrected chi connectivity index (χ0v) is 25.7. The van der Waals surface area contributed by atoms with Crippen LogP contribution < -0.4 is 31.9 Å². The Bertz CT molecular complexity index is 1860. The first-order valence-corrected chi connectivity index (χ1v) is 15.7. The van der Waals surface area contributed by atoms with Crippen LogP contribution in [-0.4, -0.2) is 62.8 Å². The lowest BCUT2D eigenvalue weighted by Crippen LogP contribution is -2.40. The van der Waals surface area contributed by atoms with E-state index in [-0.39, 0.29) is 40.3 Å². The number of aromatic amines is 1. The van der Waals surface area contributed by atoms with Gasteiger partial charge in [-0.2, -0.15) is 0 Å². The standard InChI is InChI=1S/C28H33N7O7S2/c1-3-15-34-25-23(26(37)35(16-4-2)28(34)38)32-24(33-25)18-5-9-20(10-6-18)42-17-22(36)29-13-14-30-27(43)31-19-7-11-21(12-8-19)44(39,40)41/h5-12H,3-4,13-17H2,1-2H3,(H,29,36)(H,32,33)(H2,30,31,43)(H,39,40,41)/p-1. The van der Waals surface area contributed by atoms with Crippen molar-refractivity contribution < 1.29 is 22.5 Å². The molecule has 0 unspecified atom stereocenters. The number of rotatable bonds is 13. The first-order chi connectivity index (χ1) is 21.0. The van der Waals surface area contributed by atoms with Crippen molar-refractivity contribution in [1.82, 2.24) is 29.7 Å². The van der Waals surface area contributed by atoms with Crippen LogP contribution in [0.2, 0.25) is 0 Å². The minimum atomic E-state index is -4.52.